The van der Waals surface area contributed by atoms with Crippen molar-refractivity contribution in [2.24, 2.45) is 0 Å². The van der Waals surface area contributed by atoms with E-state index in [0.717, 1.165) is 11.8 Å². The zero-order valence-electron chi connectivity index (χ0n) is 19.1. The molecule has 0 aliphatic carbocycles. The fourth-order valence-electron chi connectivity index (χ4n) is 3.21. The highest BCUT2D eigenvalue weighted by atomic mass is 35.5. The number of rotatable bonds is 11. The number of hydrogen-bond acceptors (Lipinski definition) is 7. The largest absolute Gasteiger partial charge is 0.480 e. The summed E-state index contributed by atoms with van der Waals surface area (Å²) in [6, 6.07) is 4.21. The maximum Gasteiger partial charge on any atom is 0.326 e. The molecule has 37 heavy (non-hydrogen) atoms. The molecular formula is C23H22Cl2N4O7S. The predicted octanol–water partition coefficient (Wildman–Crippen LogP) is 2.43. The molecule has 0 bridgehead atoms. The van der Waals surface area contributed by atoms with Gasteiger partial charge in [0.2, 0.25) is 11.8 Å². The van der Waals surface area contributed by atoms with Crippen LogP contribution in [0.25, 0.3) is 6.08 Å². The van der Waals surface area contributed by atoms with Crippen molar-refractivity contribution < 1.29 is 33.5 Å². The minimum atomic E-state index is -1.34. The van der Waals surface area contributed by atoms with Crippen molar-refractivity contribution >= 4 is 70.0 Å². The average molecular weight is 569 g/mol. The Balaban J connectivity index is 1.54. The van der Waals surface area contributed by atoms with Crippen molar-refractivity contribution in [3.63, 3.8) is 0 Å². The zero-order valence-corrected chi connectivity index (χ0v) is 21.4. The molecule has 2 heterocycles. The number of thioether (sulfide) groups is 1. The van der Waals surface area contributed by atoms with Gasteiger partial charge in [-0.1, -0.05) is 35.0 Å². The lowest BCUT2D eigenvalue weighted by Crippen LogP contribution is -2.46. The Morgan fingerprint density at radius 1 is 1.22 bits per heavy atom. The lowest BCUT2D eigenvalue weighted by molar-refractivity contribution is -0.139. The fraction of sp³-hybridized carbons (Fsp3) is 0.261. The molecular weight excluding hydrogens is 547 g/mol. The van der Waals surface area contributed by atoms with Gasteiger partial charge in [0, 0.05) is 24.9 Å². The summed E-state index contributed by atoms with van der Waals surface area (Å²) in [7, 11) is 0. The molecule has 1 aromatic heterocycles. The number of hydrogen-bond donors (Lipinski definition) is 5. The van der Waals surface area contributed by atoms with E-state index in [0.29, 0.717) is 11.3 Å². The second-order valence-electron chi connectivity index (χ2n) is 7.74. The summed E-state index contributed by atoms with van der Waals surface area (Å²) in [5.41, 5.74) is 0.387. The third-order valence-electron chi connectivity index (χ3n) is 5.06. The van der Waals surface area contributed by atoms with E-state index < -0.39 is 35.8 Å². The van der Waals surface area contributed by atoms with Gasteiger partial charge in [-0.2, -0.15) is 0 Å². The van der Waals surface area contributed by atoms with Gasteiger partial charge in [0.1, 0.15) is 17.8 Å². The van der Waals surface area contributed by atoms with Crippen LogP contribution < -0.4 is 21.3 Å². The molecule has 3 rings (SSSR count). The van der Waals surface area contributed by atoms with Gasteiger partial charge in [-0.25, -0.2) is 4.79 Å². The molecule has 0 unspecified atom stereocenters. The van der Waals surface area contributed by atoms with Gasteiger partial charge in [0.15, 0.2) is 0 Å². The van der Waals surface area contributed by atoms with Gasteiger partial charge in [-0.15, -0.1) is 0 Å². The Kier molecular flexibility index (Phi) is 10.0. The maximum absolute atomic E-state index is 12.7. The third kappa shape index (κ3) is 8.27. The van der Waals surface area contributed by atoms with Gasteiger partial charge in [0.05, 0.1) is 21.9 Å². The molecule has 2 atom stereocenters. The van der Waals surface area contributed by atoms with Gasteiger partial charge in [-0.05, 0) is 42.3 Å². The third-order valence-corrected chi connectivity index (χ3v) is 6.54. The predicted molar refractivity (Wildman–Crippen MR) is 137 cm³/mol. The molecule has 4 amide bonds. The van der Waals surface area contributed by atoms with Gasteiger partial charge in [-0.3, -0.25) is 19.2 Å². The highest BCUT2D eigenvalue weighted by Crippen LogP contribution is 2.27. The normalized spacial score (nSPS) is 15.7. The van der Waals surface area contributed by atoms with E-state index in [2.05, 4.69) is 21.3 Å². The van der Waals surface area contributed by atoms with Crippen LogP contribution in [-0.2, 0) is 20.9 Å². The minimum Gasteiger partial charge on any atom is -0.480 e. The van der Waals surface area contributed by atoms with E-state index in [1.165, 1.54) is 30.5 Å². The average Bonchev–Trinajstić information content (AvgIpc) is 3.52. The number of furan rings is 1. The number of nitrogens with one attached hydrogen (secondary N) is 4. The van der Waals surface area contributed by atoms with E-state index in [1.54, 1.807) is 12.1 Å². The number of carbonyl (C=O) groups is 5. The molecule has 0 saturated carbocycles. The lowest BCUT2D eigenvalue weighted by Gasteiger charge is -2.17. The van der Waals surface area contributed by atoms with Crippen LogP contribution in [0.3, 0.4) is 0 Å². The Labute approximate surface area is 225 Å². The van der Waals surface area contributed by atoms with Crippen LogP contribution >= 0.6 is 35.0 Å². The first-order valence-electron chi connectivity index (χ1n) is 10.9. The van der Waals surface area contributed by atoms with Crippen LogP contribution in [0.5, 0.6) is 0 Å². The number of carboxylic acids is 1. The van der Waals surface area contributed by atoms with Crippen molar-refractivity contribution in [2.45, 2.75) is 25.0 Å². The molecule has 1 aliphatic rings. The van der Waals surface area contributed by atoms with E-state index in [4.69, 9.17) is 27.6 Å². The van der Waals surface area contributed by atoms with E-state index in [-0.39, 0.29) is 46.1 Å². The monoisotopic (exact) mass is 568 g/mol. The van der Waals surface area contributed by atoms with Crippen LogP contribution in [0, 0.1) is 0 Å². The molecule has 1 aliphatic heterocycles. The van der Waals surface area contributed by atoms with Crippen molar-refractivity contribution in [3.05, 3.63) is 63.5 Å². The van der Waals surface area contributed by atoms with Crippen LogP contribution in [0.2, 0.25) is 10.0 Å². The van der Waals surface area contributed by atoms with E-state index >= 15 is 0 Å². The summed E-state index contributed by atoms with van der Waals surface area (Å²) in [4.78, 5) is 59.6. The Hall–Kier alpha value is -3.48. The second-order valence-corrected chi connectivity index (χ2v) is 9.55. The topological polar surface area (TPSA) is 167 Å². The zero-order chi connectivity index (χ0) is 26.9. The van der Waals surface area contributed by atoms with Crippen molar-refractivity contribution in [3.8, 4) is 0 Å². The molecule has 11 nitrogen and oxygen atoms in total. The van der Waals surface area contributed by atoms with Gasteiger partial charge in [0.25, 0.3) is 11.1 Å². The number of benzene rings is 1. The molecule has 0 spiro atoms. The van der Waals surface area contributed by atoms with Crippen LogP contribution in [0.1, 0.15) is 28.1 Å². The quantitative estimate of drug-likeness (QED) is 0.257. The summed E-state index contributed by atoms with van der Waals surface area (Å²) in [5.74, 6) is -2.18. The van der Waals surface area contributed by atoms with E-state index in [1.807, 2.05) is 0 Å². The Bertz CT molecular complexity index is 1200. The summed E-state index contributed by atoms with van der Waals surface area (Å²) in [6.45, 7) is 0.0155. The Morgan fingerprint density at radius 3 is 2.54 bits per heavy atom. The highest BCUT2D eigenvalue weighted by molar-refractivity contribution is 8.14. The molecule has 2 aromatic rings. The first kappa shape index (κ1) is 28.1. The molecule has 1 saturated heterocycles. The number of carbonyl (C=O) groups excluding carboxylic acids is 4. The fourth-order valence-corrected chi connectivity index (χ4v) is 4.70. The number of aliphatic carboxylic acids is 1. The van der Waals surface area contributed by atoms with Crippen LogP contribution in [0.4, 0.5) is 4.79 Å². The second kappa shape index (κ2) is 13.2. The standard InChI is InChI=1S/C23H22Cl2N4O7S/c24-14-8-12(10-27-18(30)4-3-13-2-1-7-36-13)9-15(25)19(14)21(32)28-16(22(33)34)5-6-26-20(31)17-11-37-23(35)29-17/h1-4,7-9,16-17H,5-6,10-11H2,(H,26,31)(H,27,30)(H,28,32)(H,29,35)(H,33,34)/b4-3+/t16-,17-/m0/s1. The Morgan fingerprint density at radius 2 is 1.95 bits per heavy atom. The van der Waals surface area contributed by atoms with E-state index in [9.17, 15) is 29.1 Å². The van der Waals surface area contributed by atoms with Crippen molar-refractivity contribution in [1.82, 2.24) is 21.3 Å². The molecule has 1 fully saturated rings. The van der Waals surface area contributed by atoms with Gasteiger partial charge < -0.3 is 30.8 Å². The summed E-state index contributed by atoms with van der Waals surface area (Å²) in [5, 5.41) is 19.1. The summed E-state index contributed by atoms with van der Waals surface area (Å²) in [6.07, 6.45) is 4.15. The first-order valence-corrected chi connectivity index (χ1v) is 12.6. The number of amides is 4. The lowest BCUT2D eigenvalue weighted by atomic mass is 10.1. The highest BCUT2D eigenvalue weighted by Gasteiger charge is 2.28. The molecule has 5 N–H and O–H groups in total. The number of carboxylic acid groups (broad SMARTS) is 1. The first-order chi connectivity index (χ1) is 17.6. The maximum atomic E-state index is 12.7. The summed E-state index contributed by atoms with van der Waals surface area (Å²) < 4.78 is 5.10. The SMILES string of the molecule is O=C(/C=C/c1ccco1)NCc1cc(Cl)c(C(=O)N[C@@H](CCNC(=O)[C@@H]2CSC(=O)N2)C(=O)O)c(Cl)c1. The van der Waals surface area contributed by atoms with Crippen molar-refractivity contribution in [2.75, 3.05) is 12.3 Å². The minimum absolute atomic E-state index is 0.0349. The molecule has 1 aromatic carbocycles. The van der Waals surface area contributed by atoms with Crippen LogP contribution in [-0.4, -0.2) is 58.4 Å². The smallest absolute Gasteiger partial charge is 0.326 e. The summed E-state index contributed by atoms with van der Waals surface area (Å²) >= 11 is 13.5. The molecule has 196 valence electrons. The van der Waals surface area contributed by atoms with Crippen molar-refractivity contribution in [1.29, 1.82) is 0 Å². The molecule has 0 radical (unpaired) electrons. The molecule has 14 heteroatoms. The van der Waals surface area contributed by atoms with Crippen LogP contribution in [0.15, 0.2) is 41.0 Å². The van der Waals surface area contributed by atoms with Gasteiger partial charge >= 0.3 is 5.97 Å². The number of halogens is 2.